The fourth-order valence-corrected chi connectivity index (χ4v) is 3.30. The van der Waals surface area contributed by atoms with Gasteiger partial charge in [0.2, 0.25) is 0 Å². The fourth-order valence-electron chi connectivity index (χ4n) is 3.14. The number of nitrogens with zero attached hydrogens (tertiary/aromatic N) is 2. The lowest BCUT2D eigenvalue weighted by Crippen LogP contribution is -2.35. The summed E-state index contributed by atoms with van der Waals surface area (Å²) in [6.07, 6.45) is 1.08. The van der Waals surface area contributed by atoms with Crippen LogP contribution in [0, 0.1) is 0 Å². The van der Waals surface area contributed by atoms with E-state index in [1.165, 1.54) is 5.52 Å². The molecular weight excluding hydrogens is 286 g/mol. The molecule has 1 saturated heterocycles. The standard InChI is InChI=1S/C16H22ClN3O/c1-3-7-20-15-6-5-11(17)8-13(15)19-16(20)12-9-21-10-14(12)18-4-2/h5-6,8,12,14,18H,3-4,7,9-10H2,1-2H3. The molecule has 0 saturated carbocycles. The van der Waals surface area contributed by atoms with Crippen molar-refractivity contribution < 1.29 is 4.74 Å². The van der Waals surface area contributed by atoms with Gasteiger partial charge in [0.15, 0.2) is 0 Å². The number of ether oxygens (including phenoxy) is 1. The zero-order valence-electron chi connectivity index (χ0n) is 12.6. The van der Waals surface area contributed by atoms with E-state index in [9.17, 15) is 0 Å². The van der Waals surface area contributed by atoms with Crippen LogP contribution in [-0.4, -0.2) is 35.4 Å². The predicted molar refractivity (Wildman–Crippen MR) is 86.1 cm³/mol. The number of fused-ring (bicyclic) bond motifs is 1. The molecule has 1 aliphatic rings. The second-order valence-corrected chi connectivity index (χ2v) is 6.00. The molecule has 2 heterocycles. The number of aryl methyl sites for hydroxylation is 1. The number of rotatable bonds is 5. The maximum absolute atomic E-state index is 6.11. The van der Waals surface area contributed by atoms with Gasteiger partial charge >= 0.3 is 0 Å². The van der Waals surface area contributed by atoms with Gasteiger partial charge in [0.05, 0.1) is 30.2 Å². The third-order valence-electron chi connectivity index (χ3n) is 4.07. The van der Waals surface area contributed by atoms with Crippen LogP contribution in [0.4, 0.5) is 0 Å². The molecule has 1 aromatic carbocycles. The summed E-state index contributed by atoms with van der Waals surface area (Å²) in [5.74, 6) is 1.43. The second kappa shape index (κ2) is 6.34. The van der Waals surface area contributed by atoms with Gasteiger partial charge in [-0.25, -0.2) is 4.98 Å². The number of imidazole rings is 1. The average molecular weight is 308 g/mol. The number of halogens is 1. The molecule has 2 aromatic rings. The van der Waals surface area contributed by atoms with Crippen molar-refractivity contribution in [3.05, 3.63) is 29.0 Å². The van der Waals surface area contributed by atoms with Crippen LogP contribution in [-0.2, 0) is 11.3 Å². The predicted octanol–water partition coefficient (Wildman–Crippen LogP) is 3.19. The Labute approximate surface area is 130 Å². The fraction of sp³-hybridized carbons (Fsp3) is 0.562. The zero-order chi connectivity index (χ0) is 14.8. The van der Waals surface area contributed by atoms with Gasteiger partial charge in [-0.15, -0.1) is 0 Å². The molecule has 21 heavy (non-hydrogen) atoms. The summed E-state index contributed by atoms with van der Waals surface area (Å²) in [7, 11) is 0. The number of likely N-dealkylation sites (N-methyl/N-ethyl adjacent to an activating group) is 1. The minimum Gasteiger partial charge on any atom is -0.379 e. The quantitative estimate of drug-likeness (QED) is 0.922. The van der Waals surface area contributed by atoms with Crippen LogP contribution >= 0.6 is 11.6 Å². The number of hydrogen-bond acceptors (Lipinski definition) is 3. The van der Waals surface area contributed by atoms with E-state index in [1.807, 2.05) is 12.1 Å². The Morgan fingerprint density at radius 3 is 3.00 bits per heavy atom. The van der Waals surface area contributed by atoms with E-state index in [2.05, 4.69) is 29.8 Å². The molecule has 0 radical (unpaired) electrons. The minimum atomic E-state index is 0.308. The van der Waals surface area contributed by atoms with Gasteiger partial charge in [-0.3, -0.25) is 0 Å². The molecule has 1 N–H and O–H groups in total. The molecule has 4 nitrogen and oxygen atoms in total. The van der Waals surface area contributed by atoms with Crippen molar-refractivity contribution in [1.82, 2.24) is 14.9 Å². The molecule has 0 bridgehead atoms. The van der Waals surface area contributed by atoms with Crippen molar-refractivity contribution in [2.24, 2.45) is 0 Å². The third-order valence-corrected chi connectivity index (χ3v) is 4.30. The Bertz CT molecular complexity index is 625. The first-order valence-electron chi connectivity index (χ1n) is 7.71. The summed E-state index contributed by atoms with van der Waals surface area (Å²) >= 11 is 6.11. The summed E-state index contributed by atoms with van der Waals surface area (Å²) in [6, 6.07) is 6.30. The first-order valence-corrected chi connectivity index (χ1v) is 8.09. The van der Waals surface area contributed by atoms with Crippen molar-refractivity contribution in [3.8, 4) is 0 Å². The van der Waals surface area contributed by atoms with Crippen molar-refractivity contribution in [2.45, 2.75) is 38.8 Å². The lowest BCUT2D eigenvalue weighted by molar-refractivity contribution is 0.187. The Morgan fingerprint density at radius 2 is 2.24 bits per heavy atom. The van der Waals surface area contributed by atoms with Gasteiger partial charge in [-0.1, -0.05) is 25.4 Å². The summed E-state index contributed by atoms with van der Waals surface area (Å²) in [5, 5.41) is 4.25. The van der Waals surface area contributed by atoms with Gasteiger partial charge in [0.25, 0.3) is 0 Å². The molecule has 0 amide bonds. The first kappa shape index (κ1) is 14.8. The molecule has 1 aromatic heterocycles. The van der Waals surface area contributed by atoms with Crippen LogP contribution in [0.3, 0.4) is 0 Å². The molecule has 5 heteroatoms. The normalized spacial score (nSPS) is 22.2. The number of hydrogen-bond donors (Lipinski definition) is 1. The smallest absolute Gasteiger partial charge is 0.116 e. The van der Waals surface area contributed by atoms with Crippen molar-refractivity contribution >= 4 is 22.6 Å². The van der Waals surface area contributed by atoms with Gasteiger partial charge in [-0.2, -0.15) is 0 Å². The molecule has 1 fully saturated rings. The van der Waals surface area contributed by atoms with E-state index in [0.717, 1.165) is 49.1 Å². The molecule has 2 atom stereocenters. The van der Waals surface area contributed by atoms with Gasteiger partial charge in [-0.05, 0) is 31.2 Å². The highest BCUT2D eigenvalue weighted by molar-refractivity contribution is 6.31. The zero-order valence-corrected chi connectivity index (χ0v) is 13.4. The molecule has 114 valence electrons. The van der Waals surface area contributed by atoms with E-state index < -0.39 is 0 Å². The highest BCUT2D eigenvalue weighted by Crippen LogP contribution is 2.30. The molecular formula is C16H22ClN3O. The van der Waals surface area contributed by atoms with Crippen molar-refractivity contribution in [2.75, 3.05) is 19.8 Å². The van der Waals surface area contributed by atoms with Crippen LogP contribution in [0.1, 0.15) is 32.0 Å². The largest absolute Gasteiger partial charge is 0.379 e. The van der Waals surface area contributed by atoms with E-state index in [1.54, 1.807) is 0 Å². The van der Waals surface area contributed by atoms with E-state index in [0.29, 0.717) is 12.0 Å². The van der Waals surface area contributed by atoms with E-state index >= 15 is 0 Å². The third kappa shape index (κ3) is 2.80. The topological polar surface area (TPSA) is 39.1 Å². The second-order valence-electron chi connectivity index (χ2n) is 5.56. The van der Waals surface area contributed by atoms with Crippen LogP contribution in [0.15, 0.2) is 18.2 Å². The van der Waals surface area contributed by atoms with Crippen LogP contribution in [0.2, 0.25) is 5.02 Å². The average Bonchev–Trinajstić information content (AvgIpc) is 3.04. The maximum atomic E-state index is 6.11. The summed E-state index contributed by atoms with van der Waals surface area (Å²) in [4.78, 5) is 4.87. The van der Waals surface area contributed by atoms with E-state index in [-0.39, 0.29) is 0 Å². The van der Waals surface area contributed by atoms with Gasteiger partial charge < -0.3 is 14.6 Å². The molecule has 0 spiro atoms. The minimum absolute atomic E-state index is 0.308. The van der Waals surface area contributed by atoms with Crippen molar-refractivity contribution in [3.63, 3.8) is 0 Å². The molecule has 2 unspecified atom stereocenters. The lowest BCUT2D eigenvalue weighted by atomic mass is 10.0. The van der Waals surface area contributed by atoms with Crippen LogP contribution in [0.5, 0.6) is 0 Å². The highest BCUT2D eigenvalue weighted by atomic mass is 35.5. The van der Waals surface area contributed by atoms with Crippen molar-refractivity contribution in [1.29, 1.82) is 0 Å². The monoisotopic (exact) mass is 307 g/mol. The van der Waals surface area contributed by atoms with Gasteiger partial charge in [0, 0.05) is 17.6 Å². The summed E-state index contributed by atoms with van der Waals surface area (Å²) in [6.45, 7) is 7.74. The first-order chi connectivity index (χ1) is 10.2. The number of aromatic nitrogens is 2. The Hall–Kier alpha value is -1.10. The van der Waals surface area contributed by atoms with Gasteiger partial charge in [0.1, 0.15) is 5.82 Å². The maximum Gasteiger partial charge on any atom is 0.116 e. The Kier molecular flexibility index (Phi) is 4.48. The van der Waals surface area contributed by atoms with Crippen LogP contribution in [0.25, 0.3) is 11.0 Å². The molecule has 3 rings (SSSR count). The summed E-state index contributed by atoms with van der Waals surface area (Å²) < 4.78 is 8.02. The number of benzene rings is 1. The molecule has 1 aliphatic heterocycles. The Balaban J connectivity index is 2.05. The SMILES string of the molecule is CCCn1c(C2COCC2NCC)nc2cc(Cl)ccc21. The Morgan fingerprint density at radius 1 is 1.38 bits per heavy atom. The number of nitrogens with one attached hydrogen (secondary N) is 1. The molecule has 0 aliphatic carbocycles. The highest BCUT2D eigenvalue weighted by Gasteiger charge is 2.32. The van der Waals surface area contributed by atoms with E-state index in [4.69, 9.17) is 21.3 Å². The summed E-state index contributed by atoms with van der Waals surface area (Å²) in [5.41, 5.74) is 2.14. The van der Waals surface area contributed by atoms with Crippen LogP contribution < -0.4 is 5.32 Å². The lowest BCUT2D eigenvalue weighted by Gasteiger charge is -2.19.